The highest BCUT2D eigenvalue weighted by Crippen LogP contribution is 2.31. The maximum Gasteiger partial charge on any atom is 0.237 e. The highest BCUT2D eigenvalue weighted by atomic mass is 16.5. The highest BCUT2D eigenvalue weighted by molar-refractivity contribution is 5.17. The average Bonchev–Trinajstić information content (AvgIpc) is 2.28. The van der Waals surface area contributed by atoms with E-state index in [9.17, 15) is 0 Å². The molecule has 1 aromatic heterocycles. The number of hydrogen-bond acceptors (Lipinski definition) is 4. The number of hydrogen-bond donors (Lipinski definition) is 1. The van der Waals surface area contributed by atoms with E-state index in [1.165, 1.54) is 6.42 Å². The fourth-order valence-corrected chi connectivity index (χ4v) is 2.72. The van der Waals surface area contributed by atoms with Crippen LogP contribution >= 0.6 is 0 Å². The highest BCUT2D eigenvalue weighted by Gasteiger charge is 2.26. The van der Waals surface area contributed by atoms with Crippen molar-refractivity contribution in [2.75, 3.05) is 0 Å². The van der Waals surface area contributed by atoms with Crippen LogP contribution in [0.3, 0.4) is 0 Å². The maximum atomic E-state index is 5.96. The van der Waals surface area contributed by atoms with Crippen LogP contribution in [0.25, 0.3) is 0 Å². The molecule has 1 saturated carbocycles. The first-order valence-corrected chi connectivity index (χ1v) is 6.35. The fraction of sp³-hybridized carbons (Fsp3) is 0.692. The normalized spacial score (nSPS) is 29.0. The van der Waals surface area contributed by atoms with Gasteiger partial charge in [-0.25, -0.2) is 4.98 Å². The molecule has 0 spiro atoms. The van der Waals surface area contributed by atoms with Crippen molar-refractivity contribution in [1.29, 1.82) is 0 Å². The summed E-state index contributed by atoms with van der Waals surface area (Å²) in [4.78, 5) is 8.42. The Bertz CT molecular complexity index is 359. The van der Waals surface area contributed by atoms with Gasteiger partial charge in [0.25, 0.3) is 0 Å². The monoisotopic (exact) mass is 235 g/mol. The summed E-state index contributed by atoms with van der Waals surface area (Å²) in [7, 11) is 0. The number of aromatic nitrogens is 2. The quantitative estimate of drug-likeness (QED) is 0.872. The van der Waals surface area contributed by atoms with Crippen molar-refractivity contribution in [2.24, 2.45) is 17.6 Å². The molecule has 0 bridgehead atoms. The lowest BCUT2D eigenvalue weighted by atomic mass is 9.82. The summed E-state index contributed by atoms with van der Waals surface area (Å²) in [6.45, 7) is 4.94. The molecule has 94 valence electrons. The van der Waals surface area contributed by atoms with E-state index < -0.39 is 0 Å². The van der Waals surface area contributed by atoms with E-state index in [2.05, 4.69) is 23.8 Å². The fourth-order valence-electron chi connectivity index (χ4n) is 2.72. The second-order valence-corrected chi connectivity index (χ2v) is 5.17. The van der Waals surface area contributed by atoms with E-state index in [0.29, 0.717) is 12.4 Å². The van der Waals surface area contributed by atoms with Gasteiger partial charge in [0.15, 0.2) is 0 Å². The zero-order valence-electron chi connectivity index (χ0n) is 10.6. The molecular weight excluding hydrogens is 214 g/mol. The molecule has 1 heterocycles. The molecule has 1 aliphatic carbocycles. The van der Waals surface area contributed by atoms with E-state index >= 15 is 0 Å². The topological polar surface area (TPSA) is 61.0 Å². The van der Waals surface area contributed by atoms with Gasteiger partial charge in [0.1, 0.15) is 11.8 Å². The van der Waals surface area contributed by atoms with Gasteiger partial charge in [0.2, 0.25) is 5.88 Å². The number of ether oxygens (including phenoxy) is 1. The molecule has 2 N–H and O–H groups in total. The average molecular weight is 235 g/mol. The van der Waals surface area contributed by atoms with Gasteiger partial charge in [-0.1, -0.05) is 13.8 Å². The molecule has 4 heteroatoms. The van der Waals surface area contributed by atoms with Crippen LogP contribution in [0.5, 0.6) is 5.88 Å². The van der Waals surface area contributed by atoms with Crippen molar-refractivity contribution >= 4 is 0 Å². The van der Waals surface area contributed by atoms with Crippen LogP contribution in [-0.4, -0.2) is 16.1 Å². The molecule has 4 nitrogen and oxygen atoms in total. The molecule has 2 unspecified atom stereocenters. The van der Waals surface area contributed by atoms with Crippen LogP contribution in [0.4, 0.5) is 0 Å². The van der Waals surface area contributed by atoms with Gasteiger partial charge in [-0.15, -0.1) is 0 Å². The summed E-state index contributed by atoms with van der Waals surface area (Å²) in [5, 5.41) is 0. The summed E-state index contributed by atoms with van der Waals surface area (Å²) in [5.74, 6) is 2.06. The second-order valence-electron chi connectivity index (χ2n) is 5.17. The molecule has 2 rings (SSSR count). The molecule has 1 fully saturated rings. The third-order valence-electron chi connectivity index (χ3n) is 3.34. The van der Waals surface area contributed by atoms with Crippen molar-refractivity contribution in [2.45, 2.75) is 45.8 Å². The van der Waals surface area contributed by atoms with Gasteiger partial charge in [-0.3, -0.25) is 4.98 Å². The predicted molar refractivity (Wildman–Crippen MR) is 66.5 cm³/mol. The minimum Gasteiger partial charge on any atom is -0.473 e. The largest absolute Gasteiger partial charge is 0.473 e. The third-order valence-corrected chi connectivity index (χ3v) is 3.34. The Hall–Kier alpha value is -1.16. The van der Waals surface area contributed by atoms with E-state index in [1.807, 2.05) is 0 Å². The zero-order chi connectivity index (χ0) is 12.3. The van der Waals surface area contributed by atoms with E-state index in [0.717, 1.165) is 30.4 Å². The Balaban J connectivity index is 2.04. The van der Waals surface area contributed by atoms with Crippen LogP contribution in [0, 0.1) is 11.8 Å². The van der Waals surface area contributed by atoms with Crippen LogP contribution in [0.15, 0.2) is 12.4 Å². The SMILES string of the molecule is CC1CC(C)CC(Oc2nccnc2CN)C1. The minimum atomic E-state index is 0.260. The predicted octanol–water partition coefficient (Wildman–Crippen LogP) is 2.14. The lowest BCUT2D eigenvalue weighted by Gasteiger charge is -2.31. The Morgan fingerprint density at radius 3 is 2.47 bits per heavy atom. The molecule has 1 aliphatic rings. The lowest BCUT2D eigenvalue weighted by molar-refractivity contribution is 0.0951. The van der Waals surface area contributed by atoms with E-state index in [-0.39, 0.29) is 6.10 Å². The molecule has 1 aromatic rings. The molecule has 17 heavy (non-hydrogen) atoms. The van der Waals surface area contributed by atoms with Crippen molar-refractivity contribution < 1.29 is 4.74 Å². The second kappa shape index (κ2) is 5.45. The van der Waals surface area contributed by atoms with E-state index in [4.69, 9.17) is 10.5 Å². The molecule has 0 aliphatic heterocycles. The Morgan fingerprint density at radius 2 is 1.82 bits per heavy atom. The summed E-state index contributed by atoms with van der Waals surface area (Å²) in [6.07, 6.45) is 7.07. The van der Waals surface area contributed by atoms with Crippen LogP contribution in [0.2, 0.25) is 0 Å². The molecule has 0 amide bonds. The molecule has 0 saturated heterocycles. The van der Waals surface area contributed by atoms with Crippen LogP contribution < -0.4 is 10.5 Å². The number of rotatable bonds is 3. The van der Waals surface area contributed by atoms with Gasteiger partial charge in [0, 0.05) is 18.9 Å². The van der Waals surface area contributed by atoms with Crippen molar-refractivity contribution in [3.05, 3.63) is 18.1 Å². The molecule has 2 atom stereocenters. The number of nitrogens with zero attached hydrogens (tertiary/aromatic N) is 2. The van der Waals surface area contributed by atoms with Gasteiger partial charge >= 0.3 is 0 Å². The molecule has 0 aromatic carbocycles. The van der Waals surface area contributed by atoms with Crippen LogP contribution in [0.1, 0.15) is 38.8 Å². The summed E-state index contributed by atoms with van der Waals surface area (Å²) in [5.41, 5.74) is 6.38. The van der Waals surface area contributed by atoms with Crippen molar-refractivity contribution in [3.8, 4) is 5.88 Å². The van der Waals surface area contributed by atoms with Gasteiger partial charge in [-0.05, 0) is 31.1 Å². The summed E-state index contributed by atoms with van der Waals surface area (Å²) < 4.78 is 5.96. The van der Waals surface area contributed by atoms with Crippen molar-refractivity contribution in [3.63, 3.8) is 0 Å². The minimum absolute atomic E-state index is 0.260. The molecule has 0 radical (unpaired) electrons. The lowest BCUT2D eigenvalue weighted by Crippen LogP contribution is -2.29. The Morgan fingerprint density at radius 1 is 1.18 bits per heavy atom. The first-order chi connectivity index (χ1) is 8.19. The summed E-state index contributed by atoms with van der Waals surface area (Å²) >= 11 is 0. The number of nitrogens with two attached hydrogens (primary N) is 1. The first-order valence-electron chi connectivity index (χ1n) is 6.35. The smallest absolute Gasteiger partial charge is 0.237 e. The summed E-state index contributed by atoms with van der Waals surface area (Å²) in [6, 6.07) is 0. The maximum absolute atomic E-state index is 5.96. The Labute approximate surface area is 103 Å². The van der Waals surface area contributed by atoms with E-state index in [1.54, 1.807) is 12.4 Å². The standard InChI is InChI=1S/C13H21N3O/c1-9-5-10(2)7-11(6-9)17-13-12(8-14)15-3-4-16-13/h3-4,9-11H,5-8,14H2,1-2H3. The Kier molecular flexibility index (Phi) is 3.94. The van der Waals surface area contributed by atoms with Crippen LogP contribution in [-0.2, 0) is 6.54 Å². The van der Waals surface area contributed by atoms with Crippen molar-refractivity contribution in [1.82, 2.24) is 9.97 Å². The van der Waals surface area contributed by atoms with Gasteiger partial charge in [0.05, 0.1) is 0 Å². The molecular formula is C13H21N3O. The van der Waals surface area contributed by atoms with Gasteiger partial charge in [-0.2, -0.15) is 0 Å². The third kappa shape index (κ3) is 3.16. The zero-order valence-corrected chi connectivity index (χ0v) is 10.6. The first kappa shape index (κ1) is 12.3. The van der Waals surface area contributed by atoms with Gasteiger partial charge < -0.3 is 10.5 Å².